The van der Waals surface area contributed by atoms with Gasteiger partial charge in [0, 0.05) is 17.2 Å². The molecule has 1 unspecified atom stereocenters. The van der Waals surface area contributed by atoms with Gasteiger partial charge >= 0.3 is 0 Å². The van der Waals surface area contributed by atoms with Gasteiger partial charge in [-0.3, -0.25) is 4.98 Å². The molecule has 1 aromatic heterocycles. The molecular weight excluding hydrogens is 240 g/mol. The van der Waals surface area contributed by atoms with Crippen molar-refractivity contribution in [1.29, 1.82) is 0 Å². The Morgan fingerprint density at radius 1 is 1.71 bits per heavy atom. The van der Waals surface area contributed by atoms with Crippen molar-refractivity contribution in [2.75, 3.05) is 6.54 Å². The van der Waals surface area contributed by atoms with E-state index in [1.54, 1.807) is 0 Å². The van der Waals surface area contributed by atoms with Crippen LogP contribution in [0.1, 0.15) is 23.7 Å². The largest absolute Gasteiger partial charge is 0.304 e. The minimum atomic E-state index is 0.403. The maximum atomic E-state index is 4.41. The lowest BCUT2D eigenvalue weighted by Crippen LogP contribution is -2.20. The predicted octanol–water partition coefficient (Wildman–Crippen LogP) is 2.57. The molecule has 1 aliphatic rings. The number of aryl methyl sites for hydroxylation is 1. The van der Waals surface area contributed by atoms with Gasteiger partial charge in [-0.1, -0.05) is 28.6 Å². The van der Waals surface area contributed by atoms with Crippen molar-refractivity contribution < 1.29 is 0 Å². The highest BCUT2D eigenvalue weighted by Crippen LogP contribution is 2.28. The Hall–Kier alpha value is -0.670. The lowest BCUT2D eigenvalue weighted by atomic mass is 10.2. The molecule has 1 aromatic rings. The number of hydrogen-bond acceptors (Lipinski definition) is 2. The zero-order valence-electron chi connectivity index (χ0n) is 7.96. The van der Waals surface area contributed by atoms with Crippen LogP contribution in [0, 0.1) is 0 Å². The average molecular weight is 253 g/mol. The monoisotopic (exact) mass is 252 g/mol. The van der Waals surface area contributed by atoms with Gasteiger partial charge in [0.2, 0.25) is 0 Å². The lowest BCUT2D eigenvalue weighted by Gasteiger charge is -2.11. The van der Waals surface area contributed by atoms with Gasteiger partial charge in [0.1, 0.15) is 0 Å². The van der Waals surface area contributed by atoms with Crippen LogP contribution in [0.3, 0.4) is 0 Å². The molecule has 0 fully saturated rings. The van der Waals surface area contributed by atoms with Crippen molar-refractivity contribution in [3.05, 3.63) is 40.6 Å². The molecule has 0 spiro atoms. The fourth-order valence-electron chi connectivity index (χ4n) is 1.85. The molecule has 0 amide bonds. The van der Waals surface area contributed by atoms with Gasteiger partial charge in [0.15, 0.2) is 0 Å². The maximum Gasteiger partial charge on any atom is 0.0605 e. The summed E-state index contributed by atoms with van der Waals surface area (Å²) in [6.07, 6.45) is 4.14. The number of fused-ring (bicyclic) bond motifs is 1. The van der Waals surface area contributed by atoms with Crippen LogP contribution >= 0.6 is 15.9 Å². The molecule has 1 heterocycles. The van der Waals surface area contributed by atoms with E-state index in [4.69, 9.17) is 0 Å². The number of hydrogen-bond donors (Lipinski definition) is 1. The zero-order valence-corrected chi connectivity index (χ0v) is 9.55. The van der Waals surface area contributed by atoms with Gasteiger partial charge in [-0.25, -0.2) is 0 Å². The summed E-state index contributed by atoms with van der Waals surface area (Å²) in [5.74, 6) is 0. The topological polar surface area (TPSA) is 24.9 Å². The lowest BCUT2D eigenvalue weighted by molar-refractivity contribution is 0.552. The molecule has 14 heavy (non-hydrogen) atoms. The molecule has 2 nitrogen and oxygen atoms in total. The number of aromatic nitrogens is 1. The molecule has 3 heteroatoms. The first kappa shape index (κ1) is 9.87. The molecule has 1 atom stereocenters. The van der Waals surface area contributed by atoms with E-state index < -0.39 is 0 Å². The van der Waals surface area contributed by atoms with Gasteiger partial charge in [-0.05, 0) is 24.5 Å². The molecule has 0 saturated carbocycles. The Morgan fingerprint density at radius 3 is 3.36 bits per heavy atom. The summed E-state index contributed by atoms with van der Waals surface area (Å²) in [4.78, 5) is 4.41. The van der Waals surface area contributed by atoms with Crippen molar-refractivity contribution in [3.63, 3.8) is 0 Å². The van der Waals surface area contributed by atoms with Gasteiger partial charge < -0.3 is 5.32 Å². The Bertz CT molecular complexity index is 349. The molecule has 0 radical (unpaired) electrons. The second kappa shape index (κ2) is 4.24. The predicted molar refractivity (Wildman–Crippen MR) is 61.4 cm³/mol. The molecule has 0 bridgehead atoms. The normalized spacial score (nSPS) is 19.4. The van der Waals surface area contributed by atoms with Crippen molar-refractivity contribution in [2.45, 2.75) is 18.9 Å². The third-order valence-corrected chi connectivity index (χ3v) is 2.78. The van der Waals surface area contributed by atoms with E-state index >= 15 is 0 Å². The maximum absolute atomic E-state index is 4.41. The first-order valence-electron chi connectivity index (χ1n) is 4.78. The summed E-state index contributed by atoms with van der Waals surface area (Å²) < 4.78 is 0.988. The number of nitrogens with one attached hydrogen (secondary N) is 1. The number of pyridine rings is 1. The number of nitrogens with zero attached hydrogens (tertiary/aromatic N) is 1. The van der Waals surface area contributed by atoms with E-state index in [9.17, 15) is 0 Å². The van der Waals surface area contributed by atoms with Gasteiger partial charge in [0.25, 0.3) is 0 Å². The molecule has 0 saturated heterocycles. The van der Waals surface area contributed by atoms with Crippen LogP contribution in [0.15, 0.2) is 29.4 Å². The molecular formula is C11H13BrN2. The van der Waals surface area contributed by atoms with E-state index in [0.29, 0.717) is 6.04 Å². The van der Waals surface area contributed by atoms with E-state index in [2.05, 4.69) is 38.9 Å². The molecule has 0 aromatic carbocycles. The summed E-state index contributed by atoms with van der Waals surface area (Å²) in [5, 5.41) is 3.43. The molecule has 1 aliphatic carbocycles. The molecule has 74 valence electrons. The minimum Gasteiger partial charge on any atom is -0.304 e. The third kappa shape index (κ3) is 2.04. The Kier molecular flexibility index (Phi) is 2.99. The van der Waals surface area contributed by atoms with Crippen LogP contribution in [-0.2, 0) is 6.42 Å². The smallest absolute Gasteiger partial charge is 0.0605 e. The second-order valence-corrected chi connectivity index (χ2v) is 4.66. The molecule has 2 rings (SSSR count). The highest BCUT2D eigenvalue weighted by Gasteiger charge is 2.22. The number of rotatable bonds is 3. The van der Waals surface area contributed by atoms with Crippen LogP contribution in [0.4, 0.5) is 0 Å². The van der Waals surface area contributed by atoms with E-state index in [0.717, 1.165) is 23.9 Å². The summed E-state index contributed by atoms with van der Waals surface area (Å²) >= 11 is 3.34. The highest BCUT2D eigenvalue weighted by molar-refractivity contribution is 9.11. The Balaban J connectivity index is 2.07. The quantitative estimate of drug-likeness (QED) is 0.895. The van der Waals surface area contributed by atoms with Crippen molar-refractivity contribution >= 4 is 15.9 Å². The van der Waals surface area contributed by atoms with Gasteiger partial charge in [-0.15, -0.1) is 0 Å². The summed E-state index contributed by atoms with van der Waals surface area (Å²) in [5.41, 5.74) is 2.59. The molecule has 0 aliphatic heterocycles. The summed E-state index contributed by atoms with van der Waals surface area (Å²) in [7, 11) is 0. The van der Waals surface area contributed by atoms with E-state index in [1.807, 2.05) is 12.3 Å². The average Bonchev–Trinajstić information content (AvgIpc) is 2.58. The Morgan fingerprint density at radius 2 is 2.57 bits per heavy atom. The number of halogens is 1. The molecule has 1 N–H and O–H groups in total. The van der Waals surface area contributed by atoms with Crippen LogP contribution in [0.25, 0.3) is 0 Å². The van der Waals surface area contributed by atoms with Gasteiger partial charge in [0.05, 0.1) is 11.7 Å². The summed E-state index contributed by atoms with van der Waals surface area (Å²) in [6.45, 7) is 4.61. The first-order chi connectivity index (χ1) is 6.77. The third-order valence-electron chi connectivity index (χ3n) is 2.50. The van der Waals surface area contributed by atoms with Crippen LogP contribution < -0.4 is 5.32 Å². The Labute approximate surface area is 92.6 Å². The van der Waals surface area contributed by atoms with E-state index in [-0.39, 0.29) is 0 Å². The van der Waals surface area contributed by atoms with Crippen LogP contribution in [0.2, 0.25) is 0 Å². The highest BCUT2D eigenvalue weighted by atomic mass is 79.9. The zero-order chi connectivity index (χ0) is 9.97. The second-order valence-electron chi connectivity index (χ2n) is 3.54. The van der Waals surface area contributed by atoms with Gasteiger partial charge in [-0.2, -0.15) is 0 Å². The standard InChI is InChI=1S/C11H13BrN2/c1-8(12)7-14-10-5-4-9-3-2-6-13-11(9)10/h2-3,6,10,14H,1,4-5,7H2. The van der Waals surface area contributed by atoms with Crippen LogP contribution in [0.5, 0.6) is 0 Å². The van der Waals surface area contributed by atoms with Crippen molar-refractivity contribution in [1.82, 2.24) is 10.3 Å². The summed E-state index contributed by atoms with van der Waals surface area (Å²) in [6, 6.07) is 4.57. The first-order valence-corrected chi connectivity index (χ1v) is 5.57. The minimum absolute atomic E-state index is 0.403. The van der Waals surface area contributed by atoms with E-state index in [1.165, 1.54) is 11.3 Å². The van der Waals surface area contributed by atoms with Crippen molar-refractivity contribution in [3.8, 4) is 0 Å². The van der Waals surface area contributed by atoms with Crippen molar-refractivity contribution in [2.24, 2.45) is 0 Å². The fraction of sp³-hybridized carbons (Fsp3) is 0.364. The van der Waals surface area contributed by atoms with Crippen LogP contribution in [-0.4, -0.2) is 11.5 Å². The SMILES string of the molecule is C=C(Br)CNC1CCc2cccnc21. The fourth-order valence-corrected chi connectivity index (χ4v) is 2.01.